The number of rotatable bonds is 13. The van der Waals surface area contributed by atoms with Gasteiger partial charge in [0.1, 0.15) is 23.6 Å². The summed E-state index contributed by atoms with van der Waals surface area (Å²) in [5, 5.41) is 15.4. The molecule has 1 fully saturated rings. The first-order valence-corrected chi connectivity index (χ1v) is 14.0. The van der Waals surface area contributed by atoms with Gasteiger partial charge in [0.25, 0.3) is 5.56 Å². The van der Waals surface area contributed by atoms with Crippen molar-refractivity contribution in [2.45, 2.75) is 43.8 Å². The lowest BCUT2D eigenvalue weighted by molar-refractivity contribution is -0.151. The van der Waals surface area contributed by atoms with Crippen molar-refractivity contribution in [3.8, 4) is 5.75 Å². The summed E-state index contributed by atoms with van der Waals surface area (Å²) in [6, 6.07) is 27.1. The van der Waals surface area contributed by atoms with Crippen molar-refractivity contribution in [3.05, 3.63) is 145 Å². The average molecular weight is 600 g/mol. The Labute approximate surface area is 253 Å². The van der Waals surface area contributed by atoms with Crippen molar-refractivity contribution >= 4 is 0 Å². The molecule has 3 aromatic carbocycles. The van der Waals surface area contributed by atoms with E-state index in [1.54, 1.807) is 31.4 Å². The Bertz CT molecular complexity index is 1690. The maximum Gasteiger partial charge on any atom is 0.333 e. The van der Waals surface area contributed by atoms with Crippen LogP contribution in [-0.4, -0.2) is 52.3 Å². The standard InChI is InChI=1S/C32H33N5O7/c1-41-26-14-12-23(13-15-26)18-37-27(38)16-17-36(31(37)40)30-28(39)29(43-20-25-10-6-3-7-11-25)32(44-30,21-34-35-33)22-42-19-24-8-4-2-5-9-24/h2-17,28-30,39H,18-22H2,1H3/t28-,29+,30-,32-/m1/s1. The van der Waals surface area contributed by atoms with Crippen LogP contribution >= 0.6 is 0 Å². The van der Waals surface area contributed by atoms with E-state index < -0.39 is 35.3 Å². The molecule has 1 aromatic heterocycles. The Morgan fingerprint density at radius 1 is 0.932 bits per heavy atom. The van der Waals surface area contributed by atoms with Gasteiger partial charge >= 0.3 is 5.69 Å². The van der Waals surface area contributed by atoms with Gasteiger partial charge in [0.2, 0.25) is 0 Å². The third kappa shape index (κ3) is 6.91. The summed E-state index contributed by atoms with van der Waals surface area (Å²) in [7, 11) is 1.55. The van der Waals surface area contributed by atoms with Crippen LogP contribution < -0.4 is 16.0 Å². The molecule has 12 nitrogen and oxygen atoms in total. The Morgan fingerprint density at radius 2 is 1.59 bits per heavy atom. The molecular formula is C32H33N5O7. The molecule has 0 aliphatic carbocycles. The van der Waals surface area contributed by atoms with E-state index in [0.29, 0.717) is 11.3 Å². The highest BCUT2D eigenvalue weighted by Gasteiger charge is 2.56. The van der Waals surface area contributed by atoms with Gasteiger partial charge in [0.15, 0.2) is 6.23 Å². The topological polar surface area (TPSA) is 150 Å². The number of nitrogens with zero attached hydrogens (tertiary/aromatic N) is 5. The number of aromatic nitrogens is 2. The van der Waals surface area contributed by atoms with Crippen molar-refractivity contribution in [2.75, 3.05) is 20.3 Å². The largest absolute Gasteiger partial charge is 0.497 e. The fourth-order valence-corrected chi connectivity index (χ4v) is 5.21. The van der Waals surface area contributed by atoms with Crippen LogP contribution in [-0.2, 0) is 34.0 Å². The molecule has 0 amide bonds. The number of methoxy groups -OCH3 is 1. The molecule has 5 rings (SSSR count). The van der Waals surface area contributed by atoms with Gasteiger partial charge in [0, 0.05) is 17.2 Å². The second kappa shape index (κ2) is 14.2. The minimum atomic E-state index is -1.46. The van der Waals surface area contributed by atoms with E-state index in [0.717, 1.165) is 20.3 Å². The molecule has 44 heavy (non-hydrogen) atoms. The third-order valence-corrected chi connectivity index (χ3v) is 7.48. The van der Waals surface area contributed by atoms with E-state index in [9.17, 15) is 20.2 Å². The minimum absolute atomic E-state index is 0.0106. The minimum Gasteiger partial charge on any atom is -0.497 e. The van der Waals surface area contributed by atoms with Crippen molar-refractivity contribution in [3.63, 3.8) is 0 Å². The molecule has 1 N–H and O–H groups in total. The normalized spacial score (nSPS) is 21.1. The highest BCUT2D eigenvalue weighted by Crippen LogP contribution is 2.40. The van der Waals surface area contributed by atoms with E-state index in [1.165, 1.54) is 12.3 Å². The number of benzene rings is 3. The number of azide groups is 1. The molecule has 2 heterocycles. The summed E-state index contributed by atoms with van der Waals surface area (Å²) in [5.74, 6) is 0.640. The van der Waals surface area contributed by atoms with E-state index >= 15 is 0 Å². The summed E-state index contributed by atoms with van der Waals surface area (Å²) in [6.45, 7) is -0.0364. The van der Waals surface area contributed by atoms with Gasteiger partial charge in [-0.3, -0.25) is 13.9 Å². The second-order valence-corrected chi connectivity index (χ2v) is 10.4. The molecule has 1 saturated heterocycles. The van der Waals surface area contributed by atoms with Gasteiger partial charge in [-0.05, 0) is 34.4 Å². The van der Waals surface area contributed by atoms with E-state index in [2.05, 4.69) is 10.0 Å². The molecule has 1 aliphatic rings. The summed E-state index contributed by atoms with van der Waals surface area (Å²) in [6.07, 6.45) is -2.45. The predicted molar refractivity (Wildman–Crippen MR) is 161 cm³/mol. The fraction of sp³-hybridized carbons (Fsp3) is 0.312. The lowest BCUT2D eigenvalue weighted by atomic mass is 9.95. The Morgan fingerprint density at radius 3 is 2.23 bits per heavy atom. The Balaban J connectivity index is 1.48. The smallest absolute Gasteiger partial charge is 0.333 e. The molecule has 0 radical (unpaired) electrons. The summed E-state index contributed by atoms with van der Waals surface area (Å²) in [4.78, 5) is 29.4. The first-order chi connectivity index (χ1) is 21.4. The maximum atomic E-state index is 13.7. The quantitative estimate of drug-likeness (QED) is 0.139. The number of aliphatic hydroxyl groups excluding tert-OH is 1. The molecule has 0 bridgehead atoms. The average Bonchev–Trinajstić information content (AvgIpc) is 3.32. The van der Waals surface area contributed by atoms with Crippen LogP contribution in [0.2, 0.25) is 0 Å². The van der Waals surface area contributed by atoms with Crippen LogP contribution in [0.3, 0.4) is 0 Å². The molecular weight excluding hydrogens is 566 g/mol. The molecule has 0 unspecified atom stereocenters. The lowest BCUT2D eigenvalue weighted by Crippen LogP contribution is -2.51. The molecule has 4 atom stereocenters. The predicted octanol–water partition coefficient (Wildman–Crippen LogP) is 3.81. The van der Waals surface area contributed by atoms with Gasteiger partial charge in [-0.15, -0.1) is 0 Å². The number of hydrogen-bond acceptors (Lipinski definition) is 8. The third-order valence-electron chi connectivity index (χ3n) is 7.48. The van der Waals surface area contributed by atoms with Crippen LogP contribution in [0.15, 0.2) is 112 Å². The first-order valence-electron chi connectivity index (χ1n) is 14.0. The van der Waals surface area contributed by atoms with Gasteiger partial charge in [-0.1, -0.05) is 77.9 Å². The van der Waals surface area contributed by atoms with Crippen LogP contribution in [0, 0.1) is 0 Å². The monoisotopic (exact) mass is 599 g/mol. The van der Waals surface area contributed by atoms with Crippen LogP contribution in [0.4, 0.5) is 0 Å². The molecule has 1 aliphatic heterocycles. The SMILES string of the molecule is COc1ccc(Cn2c(=O)ccn([C@@H]3O[C@](CN=[N+]=[N-])(COCc4ccccc4)[C@@H](OCc4ccccc4)[C@H]3O)c2=O)cc1. The van der Waals surface area contributed by atoms with Crippen molar-refractivity contribution in [1.29, 1.82) is 0 Å². The zero-order valence-corrected chi connectivity index (χ0v) is 24.1. The highest BCUT2D eigenvalue weighted by molar-refractivity contribution is 5.27. The van der Waals surface area contributed by atoms with E-state index in [1.807, 2.05) is 60.7 Å². The van der Waals surface area contributed by atoms with Gasteiger partial charge < -0.3 is 24.1 Å². The second-order valence-electron chi connectivity index (χ2n) is 10.4. The van der Waals surface area contributed by atoms with Crippen LogP contribution in [0.25, 0.3) is 10.4 Å². The molecule has 0 saturated carbocycles. The lowest BCUT2D eigenvalue weighted by Gasteiger charge is -2.33. The number of aliphatic hydroxyl groups is 1. The maximum absolute atomic E-state index is 13.7. The highest BCUT2D eigenvalue weighted by atomic mass is 16.6. The molecule has 12 heteroatoms. The van der Waals surface area contributed by atoms with Gasteiger partial charge in [-0.25, -0.2) is 4.79 Å². The van der Waals surface area contributed by atoms with Gasteiger partial charge in [0.05, 0.1) is 40.0 Å². The van der Waals surface area contributed by atoms with E-state index in [4.69, 9.17) is 18.9 Å². The molecule has 0 spiro atoms. The molecule has 228 valence electrons. The summed E-state index contributed by atoms with van der Waals surface area (Å²) in [5.41, 5.74) is 9.01. The zero-order valence-electron chi connectivity index (χ0n) is 24.1. The van der Waals surface area contributed by atoms with Crippen molar-refractivity contribution < 1.29 is 24.1 Å². The van der Waals surface area contributed by atoms with Crippen LogP contribution in [0.5, 0.6) is 5.75 Å². The summed E-state index contributed by atoms with van der Waals surface area (Å²) < 4.78 is 26.1. The first kappa shape index (κ1) is 30.7. The zero-order chi connectivity index (χ0) is 30.9. The Hall–Kier alpha value is -4.71. The van der Waals surface area contributed by atoms with Crippen molar-refractivity contribution in [2.24, 2.45) is 5.11 Å². The number of ether oxygens (including phenoxy) is 4. The fourth-order valence-electron chi connectivity index (χ4n) is 5.21. The summed E-state index contributed by atoms with van der Waals surface area (Å²) >= 11 is 0. The number of hydrogen-bond donors (Lipinski definition) is 1. The van der Waals surface area contributed by atoms with Crippen molar-refractivity contribution in [1.82, 2.24) is 9.13 Å². The van der Waals surface area contributed by atoms with E-state index in [-0.39, 0.29) is 32.9 Å². The molecule has 4 aromatic rings. The van der Waals surface area contributed by atoms with Gasteiger partial charge in [-0.2, -0.15) is 0 Å². The van der Waals surface area contributed by atoms with Crippen LogP contribution in [0.1, 0.15) is 22.9 Å². The Kier molecular flexibility index (Phi) is 9.90.